The summed E-state index contributed by atoms with van der Waals surface area (Å²) in [6.07, 6.45) is 4.46. The van der Waals surface area contributed by atoms with Crippen LogP contribution in [0.15, 0.2) is 23.2 Å². The minimum absolute atomic E-state index is 0.0751. The van der Waals surface area contributed by atoms with E-state index in [4.69, 9.17) is 9.47 Å². The SMILES string of the molecule is COC1=C2OCCC[C@H]2[C@@](O)(C=C(C)C)C1. The van der Waals surface area contributed by atoms with Crippen LogP contribution in [-0.2, 0) is 9.47 Å². The third kappa shape index (κ3) is 1.84. The van der Waals surface area contributed by atoms with Gasteiger partial charge in [0.15, 0.2) is 0 Å². The molecule has 1 N–H and O–H groups in total. The first kappa shape index (κ1) is 11.5. The molecule has 16 heavy (non-hydrogen) atoms. The molecule has 0 aromatic rings. The summed E-state index contributed by atoms with van der Waals surface area (Å²) in [6, 6.07) is 0. The van der Waals surface area contributed by atoms with E-state index in [-0.39, 0.29) is 5.92 Å². The van der Waals surface area contributed by atoms with Gasteiger partial charge in [-0.3, -0.25) is 0 Å². The van der Waals surface area contributed by atoms with Crippen molar-refractivity contribution in [3.05, 3.63) is 23.2 Å². The van der Waals surface area contributed by atoms with E-state index in [2.05, 4.69) is 0 Å². The van der Waals surface area contributed by atoms with E-state index < -0.39 is 5.60 Å². The van der Waals surface area contributed by atoms with Crippen molar-refractivity contribution in [2.45, 2.75) is 38.7 Å². The summed E-state index contributed by atoms with van der Waals surface area (Å²) in [4.78, 5) is 0. The summed E-state index contributed by atoms with van der Waals surface area (Å²) >= 11 is 0. The maximum atomic E-state index is 10.7. The van der Waals surface area contributed by atoms with Crippen LogP contribution in [0.3, 0.4) is 0 Å². The first-order chi connectivity index (χ1) is 7.57. The molecule has 2 atom stereocenters. The molecule has 0 radical (unpaired) electrons. The van der Waals surface area contributed by atoms with Gasteiger partial charge in [-0.15, -0.1) is 0 Å². The van der Waals surface area contributed by atoms with Gasteiger partial charge >= 0.3 is 0 Å². The molecular weight excluding hydrogens is 204 g/mol. The van der Waals surface area contributed by atoms with E-state index in [0.29, 0.717) is 6.42 Å². The summed E-state index contributed by atoms with van der Waals surface area (Å²) in [5.74, 6) is 1.75. The minimum atomic E-state index is -0.806. The molecule has 90 valence electrons. The van der Waals surface area contributed by atoms with Crippen LogP contribution in [0.1, 0.15) is 33.1 Å². The molecule has 1 aliphatic heterocycles. The number of hydrogen-bond donors (Lipinski definition) is 1. The highest BCUT2D eigenvalue weighted by Crippen LogP contribution is 2.46. The third-order valence-corrected chi connectivity index (χ3v) is 3.32. The van der Waals surface area contributed by atoms with Crippen LogP contribution < -0.4 is 0 Å². The summed E-state index contributed by atoms with van der Waals surface area (Å²) in [5.41, 5.74) is 0.324. The van der Waals surface area contributed by atoms with Gasteiger partial charge in [-0.25, -0.2) is 0 Å². The predicted octanol–water partition coefficient (Wildman–Crippen LogP) is 2.37. The van der Waals surface area contributed by atoms with Gasteiger partial charge in [-0.05, 0) is 26.7 Å². The highest BCUT2D eigenvalue weighted by molar-refractivity contribution is 5.29. The zero-order chi connectivity index (χ0) is 11.8. The molecular formula is C13H20O3. The Hall–Kier alpha value is -0.960. The highest BCUT2D eigenvalue weighted by Gasteiger charge is 2.48. The maximum absolute atomic E-state index is 10.7. The second kappa shape index (κ2) is 4.13. The summed E-state index contributed by atoms with van der Waals surface area (Å²) in [6.45, 7) is 4.75. The lowest BCUT2D eigenvalue weighted by Crippen LogP contribution is -2.35. The lowest BCUT2D eigenvalue weighted by atomic mass is 9.83. The normalized spacial score (nSPS) is 33.1. The van der Waals surface area contributed by atoms with Gasteiger partial charge < -0.3 is 14.6 Å². The lowest BCUT2D eigenvalue weighted by molar-refractivity contribution is 0.00839. The predicted molar refractivity (Wildman–Crippen MR) is 61.7 cm³/mol. The molecule has 0 saturated carbocycles. The summed E-state index contributed by atoms with van der Waals surface area (Å²) in [5, 5.41) is 10.7. The van der Waals surface area contributed by atoms with Crippen LogP contribution in [0.25, 0.3) is 0 Å². The van der Waals surface area contributed by atoms with Gasteiger partial charge in [0, 0.05) is 6.42 Å². The lowest BCUT2D eigenvalue weighted by Gasteiger charge is -2.31. The van der Waals surface area contributed by atoms with Crippen molar-refractivity contribution in [1.29, 1.82) is 0 Å². The third-order valence-electron chi connectivity index (χ3n) is 3.32. The van der Waals surface area contributed by atoms with Crippen molar-refractivity contribution in [3.63, 3.8) is 0 Å². The Bertz CT molecular complexity index is 339. The molecule has 0 aromatic heterocycles. The fourth-order valence-electron chi connectivity index (χ4n) is 2.74. The Morgan fingerprint density at radius 2 is 2.31 bits per heavy atom. The molecule has 0 bridgehead atoms. The first-order valence-corrected chi connectivity index (χ1v) is 5.85. The van der Waals surface area contributed by atoms with E-state index in [9.17, 15) is 5.11 Å². The molecule has 0 unspecified atom stereocenters. The van der Waals surface area contributed by atoms with Crippen LogP contribution in [0, 0.1) is 5.92 Å². The van der Waals surface area contributed by atoms with Gasteiger partial charge in [-0.2, -0.15) is 0 Å². The number of methoxy groups -OCH3 is 1. The smallest absolute Gasteiger partial charge is 0.140 e. The molecule has 0 aromatic carbocycles. The number of aliphatic hydroxyl groups is 1. The number of ether oxygens (including phenoxy) is 2. The molecule has 2 rings (SSSR count). The van der Waals surface area contributed by atoms with Crippen LogP contribution in [-0.4, -0.2) is 24.4 Å². The monoisotopic (exact) mass is 224 g/mol. The van der Waals surface area contributed by atoms with Crippen LogP contribution in [0.4, 0.5) is 0 Å². The Morgan fingerprint density at radius 3 is 2.94 bits per heavy atom. The van der Waals surface area contributed by atoms with E-state index in [1.165, 1.54) is 0 Å². The fourth-order valence-corrected chi connectivity index (χ4v) is 2.74. The second-order valence-electron chi connectivity index (χ2n) is 4.92. The quantitative estimate of drug-likeness (QED) is 0.732. The van der Waals surface area contributed by atoms with Crippen LogP contribution >= 0.6 is 0 Å². The molecule has 1 fully saturated rings. The topological polar surface area (TPSA) is 38.7 Å². The average molecular weight is 224 g/mol. The van der Waals surface area contributed by atoms with Crippen molar-refractivity contribution in [2.24, 2.45) is 5.92 Å². The molecule has 0 amide bonds. The van der Waals surface area contributed by atoms with Crippen molar-refractivity contribution in [2.75, 3.05) is 13.7 Å². The largest absolute Gasteiger partial charge is 0.497 e. The summed E-state index contributed by atoms with van der Waals surface area (Å²) in [7, 11) is 1.64. The molecule has 1 saturated heterocycles. The van der Waals surface area contributed by atoms with Crippen LogP contribution in [0.5, 0.6) is 0 Å². The molecule has 0 spiro atoms. The fraction of sp³-hybridized carbons (Fsp3) is 0.692. The molecule has 3 heteroatoms. The standard InChI is InChI=1S/C13H20O3/c1-9(2)7-13(14)8-11(15-3)12-10(13)5-4-6-16-12/h7,10,14H,4-6,8H2,1-3H3/t10-,13-/m1/s1. The van der Waals surface area contributed by atoms with E-state index >= 15 is 0 Å². The van der Waals surface area contributed by atoms with Crippen molar-refractivity contribution < 1.29 is 14.6 Å². The summed E-state index contributed by atoms with van der Waals surface area (Å²) < 4.78 is 11.0. The zero-order valence-electron chi connectivity index (χ0n) is 10.2. The van der Waals surface area contributed by atoms with Crippen molar-refractivity contribution >= 4 is 0 Å². The van der Waals surface area contributed by atoms with E-state index in [1.807, 2.05) is 19.9 Å². The zero-order valence-corrected chi connectivity index (χ0v) is 10.2. The van der Waals surface area contributed by atoms with E-state index in [0.717, 1.165) is 36.5 Å². The van der Waals surface area contributed by atoms with Crippen LogP contribution in [0.2, 0.25) is 0 Å². The van der Waals surface area contributed by atoms with Gasteiger partial charge in [-0.1, -0.05) is 11.6 Å². The Morgan fingerprint density at radius 1 is 1.56 bits per heavy atom. The Balaban J connectivity index is 2.31. The molecule has 1 aliphatic carbocycles. The molecule has 3 nitrogen and oxygen atoms in total. The highest BCUT2D eigenvalue weighted by atomic mass is 16.5. The first-order valence-electron chi connectivity index (χ1n) is 5.85. The van der Waals surface area contributed by atoms with E-state index in [1.54, 1.807) is 7.11 Å². The average Bonchev–Trinajstić information content (AvgIpc) is 2.52. The molecule has 1 heterocycles. The van der Waals surface area contributed by atoms with Gasteiger partial charge in [0.1, 0.15) is 17.1 Å². The molecule has 2 aliphatic rings. The number of allylic oxidation sites excluding steroid dienone is 1. The van der Waals surface area contributed by atoms with Gasteiger partial charge in [0.05, 0.1) is 19.6 Å². The van der Waals surface area contributed by atoms with Gasteiger partial charge in [0.25, 0.3) is 0 Å². The Kier molecular flexibility index (Phi) is 2.98. The number of fused-ring (bicyclic) bond motifs is 1. The van der Waals surface area contributed by atoms with Gasteiger partial charge in [0.2, 0.25) is 0 Å². The Labute approximate surface area is 96.7 Å². The number of hydrogen-bond acceptors (Lipinski definition) is 3. The van der Waals surface area contributed by atoms with Crippen molar-refractivity contribution in [1.82, 2.24) is 0 Å². The van der Waals surface area contributed by atoms with Crippen molar-refractivity contribution in [3.8, 4) is 0 Å². The number of rotatable bonds is 2. The maximum Gasteiger partial charge on any atom is 0.140 e. The minimum Gasteiger partial charge on any atom is -0.497 e. The second-order valence-corrected chi connectivity index (χ2v) is 4.92.